The summed E-state index contributed by atoms with van der Waals surface area (Å²) < 4.78 is 53.3. The lowest BCUT2D eigenvalue weighted by Crippen LogP contribution is -2.22. The van der Waals surface area contributed by atoms with Crippen LogP contribution in [0.25, 0.3) is 33.8 Å². The van der Waals surface area contributed by atoms with E-state index in [4.69, 9.17) is 22.3 Å². The van der Waals surface area contributed by atoms with Crippen molar-refractivity contribution in [1.82, 2.24) is 37.8 Å². The molecule has 0 bridgehead atoms. The second-order valence-electron chi connectivity index (χ2n) is 13.6. The molecule has 0 saturated heterocycles. The van der Waals surface area contributed by atoms with Crippen LogP contribution < -0.4 is 11.1 Å². The molecular weight excluding hydrogens is 808 g/mol. The Kier molecular flexibility index (Phi) is 12.8. The lowest BCUT2D eigenvalue weighted by molar-refractivity contribution is 0.519. The maximum Gasteiger partial charge on any atom is 0.242 e. The van der Waals surface area contributed by atoms with Gasteiger partial charge in [-0.3, -0.25) is 0 Å². The van der Waals surface area contributed by atoms with Crippen LogP contribution in [0.4, 0.5) is 17.2 Å². The first-order valence-corrected chi connectivity index (χ1v) is 21.4. The molecule has 0 fully saturated rings. The van der Waals surface area contributed by atoms with Crippen LogP contribution in [0.3, 0.4) is 0 Å². The summed E-state index contributed by atoms with van der Waals surface area (Å²) in [6.07, 6.45) is 0. The van der Waals surface area contributed by atoms with Crippen LogP contribution in [0.5, 0.6) is 0 Å². The van der Waals surface area contributed by atoms with E-state index in [0.717, 1.165) is 56.7 Å². The lowest BCUT2D eigenvalue weighted by Gasteiger charge is -2.13. The Labute approximate surface area is 348 Å². The summed E-state index contributed by atoms with van der Waals surface area (Å²) in [7, 11) is -0.766. The standard InChI is InChI=1S/C21H21N5O2S.C13H10ClN3.C8H12N2O2S/c1-15-13-20-23-19(16-7-5-4-6-8-16)14-21(26(20)24-15)22-17-9-11-18(12-10-17)29(27,28)25(2)3;1-9-7-13-15-11(8-12(14)17(13)16-9)10-5-3-2-4-6-10;1-10(2)13(11,12)8-5-3-7(9)4-6-8/h4-14,22H,1-3H3;2-8H,1H3;3-6H,9H2,1-2H3. The third-order valence-corrected chi connectivity index (χ3v) is 12.7. The van der Waals surface area contributed by atoms with Crippen molar-refractivity contribution in [2.24, 2.45) is 0 Å². The van der Waals surface area contributed by atoms with E-state index in [1.165, 1.54) is 48.9 Å². The molecule has 8 aromatic rings. The molecule has 59 heavy (non-hydrogen) atoms. The quantitative estimate of drug-likeness (QED) is 0.115. The molecular formula is C42H43ClN10O4S2. The molecule has 0 atom stereocenters. The van der Waals surface area contributed by atoms with E-state index in [-0.39, 0.29) is 9.79 Å². The number of halogens is 1. The van der Waals surface area contributed by atoms with Gasteiger partial charge in [-0.2, -0.15) is 14.7 Å². The number of benzene rings is 4. The number of anilines is 3. The van der Waals surface area contributed by atoms with Gasteiger partial charge in [0.15, 0.2) is 11.3 Å². The number of nitrogens with one attached hydrogen (secondary N) is 1. The molecule has 4 heterocycles. The van der Waals surface area contributed by atoms with E-state index in [9.17, 15) is 16.8 Å². The number of hydrogen-bond acceptors (Lipinski definition) is 10. The van der Waals surface area contributed by atoms with E-state index >= 15 is 0 Å². The van der Waals surface area contributed by atoms with E-state index in [1.807, 2.05) is 98.8 Å². The predicted octanol–water partition coefficient (Wildman–Crippen LogP) is 7.58. The van der Waals surface area contributed by atoms with E-state index in [1.54, 1.807) is 45.4 Å². The Bertz CT molecular complexity index is 2920. The van der Waals surface area contributed by atoms with E-state index in [0.29, 0.717) is 10.8 Å². The maximum atomic E-state index is 12.3. The first kappa shape index (κ1) is 42.4. The minimum Gasteiger partial charge on any atom is -0.399 e. The highest BCUT2D eigenvalue weighted by Crippen LogP contribution is 2.26. The highest BCUT2D eigenvalue weighted by Gasteiger charge is 2.18. The van der Waals surface area contributed by atoms with Gasteiger partial charge in [0.2, 0.25) is 20.0 Å². The number of aromatic nitrogens is 6. The van der Waals surface area contributed by atoms with Gasteiger partial charge in [0.25, 0.3) is 0 Å². The average Bonchev–Trinajstić information content (AvgIpc) is 3.80. The Morgan fingerprint density at radius 1 is 0.576 bits per heavy atom. The number of sulfonamides is 2. The fourth-order valence-electron chi connectivity index (χ4n) is 5.66. The topological polar surface area (TPSA) is 173 Å². The van der Waals surface area contributed by atoms with E-state index in [2.05, 4.69) is 20.5 Å². The van der Waals surface area contributed by atoms with Gasteiger partial charge in [0, 0.05) is 75.0 Å². The zero-order valence-corrected chi connectivity index (χ0v) is 35.6. The number of hydrogen-bond donors (Lipinski definition) is 2. The minimum atomic E-state index is -3.46. The lowest BCUT2D eigenvalue weighted by atomic mass is 10.1. The number of aryl methyl sites for hydroxylation is 2. The van der Waals surface area contributed by atoms with Gasteiger partial charge < -0.3 is 11.1 Å². The Hall–Kier alpha value is -6.17. The summed E-state index contributed by atoms with van der Waals surface area (Å²) in [5, 5.41) is 12.7. The number of nitrogens with two attached hydrogens (primary N) is 1. The molecule has 4 aromatic carbocycles. The van der Waals surface area contributed by atoms with Gasteiger partial charge in [-0.1, -0.05) is 72.3 Å². The molecule has 8 rings (SSSR count). The summed E-state index contributed by atoms with van der Waals surface area (Å²) >= 11 is 6.19. The van der Waals surface area contributed by atoms with Gasteiger partial charge in [0.1, 0.15) is 11.0 Å². The number of rotatable bonds is 8. The van der Waals surface area contributed by atoms with Crippen molar-refractivity contribution < 1.29 is 16.8 Å². The van der Waals surface area contributed by atoms with Crippen molar-refractivity contribution in [1.29, 1.82) is 0 Å². The van der Waals surface area contributed by atoms with Crippen molar-refractivity contribution in [3.05, 3.63) is 150 Å². The molecule has 14 nitrogen and oxygen atoms in total. The first-order valence-electron chi connectivity index (χ1n) is 18.1. The Balaban J connectivity index is 0.000000165. The highest BCUT2D eigenvalue weighted by atomic mass is 35.5. The largest absolute Gasteiger partial charge is 0.399 e. The van der Waals surface area contributed by atoms with Gasteiger partial charge in [-0.25, -0.2) is 39.9 Å². The SMILES string of the molecule is CN(C)S(=O)(=O)c1ccc(N)cc1.Cc1cc2nc(-c3ccccc3)cc(Cl)n2n1.Cc1cc2nc(-c3ccccc3)cc(Nc3ccc(S(=O)(=O)N(C)C)cc3)n2n1. The van der Waals surface area contributed by atoms with Crippen molar-refractivity contribution >= 4 is 60.1 Å². The van der Waals surface area contributed by atoms with E-state index < -0.39 is 20.0 Å². The number of nitrogens with zero attached hydrogens (tertiary/aromatic N) is 8. The summed E-state index contributed by atoms with van der Waals surface area (Å²) in [5.74, 6) is 0.741. The van der Waals surface area contributed by atoms with Gasteiger partial charge >= 0.3 is 0 Å². The number of fused-ring (bicyclic) bond motifs is 2. The van der Waals surface area contributed by atoms with Crippen LogP contribution in [-0.2, 0) is 20.0 Å². The second kappa shape index (κ2) is 17.8. The molecule has 0 aliphatic rings. The van der Waals surface area contributed by atoms with Crippen molar-refractivity contribution in [2.45, 2.75) is 23.6 Å². The monoisotopic (exact) mass is 850 g/mol. The molecule has 0 radical (unpaired) electrons. The Morgan fingerprint density at radius 3 is 1.47 bits per heavy atom. The summed E-state index contributed by atoms with van der Waals surface area (Å²) in [6, 6.07) is 40.2. The molecule has 4 aromatic heterocycles. The first-order chi connectivity index (χ1) is 28.0. The fraction of sp³-hybridized carbons (Fsp3) is 0.143. The normalized spacial score (nSPS) is 11.6. The van der Waals surface area contributed by atoms with Gasteiger partial charge in [-0.15, -0.1) is 0 Å². The van der Waals surface area contributed by atoms with Crippen LogP contribution in [-0.4, -0.2) is 82.8 Å². The van der Waals surface area contributed by atoms with Gasteiger partial charge in [-0.05, 0) is 62.4 Å². The maximum absolute atomic E-state index is 12.3. The predicted molar refractivity (Wildman–Crippen MR) is 234 cm³/mol. The van der Waals surface area contributed by atoms with Crippen LogP contribution in [0.15, 0.2) is 143 Å². The number of nitrogen functional groups attached to an aromatic ring is 1. The third kappa shape index (κ3) is 9.93. The minimum absolute atomic E-state index is 0.243. The highest BCUT2D eigenvalue weighted by molar-refractivity contribution is 7.89. The van der Waals surface area contributed by atoms with Crippen molar-refractivity contribution in [3.63, 3.8) is 0 Å². The molecule has 17 heteroatoms. The summed E-state index contributed by atoms with van der Waals surface area (Å²) in [4.78, 5) is 9.75. The van der Waals surface area contributed by atoms with Crippen LogP contribution >= 0.6 is 11.6 Å². The summed E-state index contributed by atoms with van der Waals surface area (Å²) in [5.41, 5.74) is 13.8. The molecule has 0 amide bonds. The van der Waals surface area contributed by atoms with Crippen LogP contribution in [0.2, 0.25) is 5.15 Å². The zero-order chi connectivity index (χ0) is 42.5. The zero-order valence-electron chi connectivity index (χ0n) is 33.2. The van der Waals surface area contributed by atoms with Crippen molar-refractivity contribution in [2.75, 3.05) is 39.2 Å². The molecule has 0 spiro atoms. The molecule has 0 aliphatic heterocycles. The van der Waals surface area contributed by atoms with Crippen LogP contribution in [0, 0.1) is 13.8 Å². The van der Waals surface area contributed by atoms with Gasteiger partial charge in [0.05, 0.1) is 32.6 Å². The average molecular weight is 851 g/mol. The smallest absolute Gasteiger partial charge is 0.242 e. The molecule has 3 N–H and O–H groups in total. The molecule has 0 unspecified atom stereocenters. The third-order valence-electron chi connectivity index (χ3n) is 8.76. The van der Waals surface area contributed by atoms with Crippen LogP contribution in [0.1, 0.15) is 11.4 Å². The Morgan fingerprint density at radius 2 is 1.00 bits per heavy atom. The fourth-order valence-corrected chi connectivity index (χ4v) is 7.69. The van der Waals surface area contributed by atoms with Crippen molar-refractivity contribution in [3.8, 4) is 22.5 Å². The second-order valence-corrected chi connectivity index (χ2v) is 18.3. The molecule has 0 aliphatic carbocycles. The molecule has 0 saturated carbocycles. The molecule has 304 valence electrons. The summed E-state index contributed by atoms with van der Waals surface area (Å²) in [6.45, 7) is 3.84.